The molecule has 1 amide bonds. The van der Waals surface area contributed by atoms with E-state index in [0.29, 0.717) is 33.9 Å². The highest BCUT2D eigenvalue weighted by atomic mass is 32.1. The Morgan fingerprint density at radius 1 is 1.15 bits per heavy atom. The van der Waals surface area contributed by atoms with Crippen molar-refractivity contribution in [3.8, 4) is 11.5 Å². The largest absolute Gasteiger partial charge is 0.456 e. The molecule has 8 nitrogen and oxygen atoms in total. The van der Waals surface area contributed by atoms with Gasteiger partial charge < -0.3 is 10.1 Å². The van der Waals surface area contributed by atoms with Crippen LogP contribution < -0.4 is 15.4 Å². The van der Waals surface area contributed by atoms with Gasteiger partial charge in [0.25, 0.3) is 5.91 Å². The zero-order chi connectivity index (χ0) is 22.6. The van der Waals surface area contributed by atoms with Gasteiger partial charge in [-0.1, -0.05) is 26.2 Å². The minimum atomic E-state index is -0.196. The second-order valence-corrected chi connectivity index (χ2v) is 9.27. The number of aromatic nitrogens is 4. The lowest BCUT2D eigenvalue weighted by Gasteiger charge is -2.22. The lowest BCUT2D eigenvalue weighted by molar-refractivity contribution is 0.102. The van der Waals surface area contributed by atoms with Crippen molar-refractivity contribution in [2.75, 3.05) is 10.6 Å². The summed E-state index contributed by atoms with van der Waals surface area (Å²) in [6.07, 6.45) is 10.5. The molecule has 170 valence electrons. The number of benzene rings is 1. The van der Waals surface area contributed by atoms with Crippen LogP contribution in [-0.2, 0) is 6.42 Å². The first kappa shape index (κ1) is 21.4. The molecular formula is C24H26N6O2S. The van der Waals surface area contributed by atoms with Gasteiger partial charge in [-0.15, -0.1) is 11.3 Å². The van der Waals surface area contributed by atoms with Gasteiger partial charge in [-0.25, -0.2) is 9.97 Å². The number of aromatic amines is 1. The Hall–Kier alpha value is -3.46. The van der Waals surface area contributed by atoms with E-state index in [9.17, 15) is 4.79 Å². The van der Waals surface area contributed by atoms with E-state index < -0.39 is 0 Å². The number of hydrogen-bond acceptors (Lipinski definition) is 7. The van der Waals surface area contributed by atoms with Gasteiger partial charge in [-0.3, -0.25) is 15.2 Å². The van der Waals surface area contributed by atoms with E-state index in [1.54, 1.807) is 36.7 Å². The average Bonchev–Trinajstić information content (AvgIpc) is 3.48. The molecule has 1 aliphatic carbocycles. The number of H-pyrrole nitrogens is 1. The maximum atomic E-state index is 12.5. The van der Waals surface area contributed by atoms with E-state index in [0.717, 1.165) is 35.3 Å². The normalized spacial score (nSPS) is 14.3. The Morgan fingerprint density at radius 3 is 2.73 bits per heavy atom. The Balaban J connectivity index is 1.31. The predicted molar refractivity (Wildman–Crippen MR) is 130 cm³/mol. The summed E-state index contributed by atoms with van der Waals surface area (Å²) in [6.45, 7) is 2.06. The van der Waals surface area contributed by atoms with Crippen LogP contribution in [0.25, 0.3) is 11.0 Å². The molecule has 5 rings (SSSR count). The van der Waals surface area contributed by atoms with Gasteiger partial charge in [0.2, 0.25) is 0 Å². The number of rotatable bonds is 7. The van der Waals surface area contributed by atoms with Crippen molar-refractivity contribution in [1.82, 2.24) is 20.2 Å². The van der Waals surface area contributed by atoms with Crippen LogP contribution in [0.1, 0.15) is 54.3 Å². The standard InChI is InChI=1S/C24H26N6O2S/c1-2-18-14-26-24(33-18)28-23(31)15-8-10-17(11-9-15)32-19-12-13-25-21-20(19)22(30-29-21)27-16-6-4-3-5-7-16/h8-14,16H,2-7H2,1H3,(H,26,28,31)(H2,25,27,29,30). The number of nitrogens with one attached hydrogen (secondary N) is 3. The molecule has 1 fully saturated rings. The minimum absolute atomic E-state index is 0.196. The fourth-order valence-corrected chi connectivity index (χ4v) is 4.80. The molecule has 1 aliphatic rings. The maximum absolute atomic E-state index is 12.5. The lowest BCUT2D eigenvalue weighted by atomic mass is 9.95. The van der Waals surface area contributed by atoms with Gasteiger partial charge in [0.1, 0.15) is 16.9 Å². The Kier molecular flexibility index (Phi) is 6.21. The molecular weight excluding hydrogens is 436 g/mol. The zero-order valence-corrected chi connectivity index (χ0v) is 19.2. The summed E-state index contributed by atoms with van der Waals surface area (Å²) in [5, 5.41) is 15.3. The highest BCUT2D eigenvalue weighted by Crippen LogP contribution is 2.34. The Morgan fingerprint density at radius 2 is 1.97 bits per heavy atom. The number of nitrogens with zero attached hydrogens (tertiary/aromatic N) is 3. The smallest absolute Gasteiger partial charge is 0.257 e. The number of carbonyl (C=O) groups excluding carboxylic acids is 1. The van der Waals surface area contributed by atoms with E-state index in [2.05, 4.69) is 37.7 Å². The van der Waals surface area contributed by atoms with E-state index in [1.807, 2.05) is 6.07 Å². The summed E-state index contributed by atoms with van der Waals surface area (Å²) in [6, 6.07) is 9.31. The number of hydrogen-bond donors (Lipinski definition) is 3. The number of pyridine rings is 1. The molecule has 1 saturated carbocycles. The number of thiazole rings is 1. The SMILES string of the molecule is CCc1cnc(NC(=O)c2ccc(Oc3ccnc4[nH]nc(NC5CCCCC5)c34)cc2)s1. The third kappa shape index (κ3) is 4.83. The third-order valence-corrected chi connectivity index (χ3v) is 6.89. The molecule has 3 N–H and O–H groups in total. The monoisotopic (exact) mass is 462 g/mol. The van der Waals surface area contributed by atoms with Crippen LogP contribution in [0.2, 0.25) is 0 Å². The van der Waals surface area contributed by atoms with E-state index in [-0.39, 0.29) is 5.91 Å². The van der Waals surface area contributed by atoms with Crippen LogP contribution in [0.4, 0.5) is 10.9 Å². The zero-order valence-electron chi connectivity index (χ0n) is 18.4. The fraction of sp³-hybridized carbons (Fsp3) is 0.333. The van der Waals surface area contributed by atoms with Gasteiger partial charge >= 0.3 is 0 Å². The molecule has 0 aliphatic heterocycles. The highest BCUT2D eigenvalue weighted by Gasteiger charge is 2.19. The number of ether oxygens (including phenoxy) is 1. The summed E-state index contributed by atoms with van der Waals surface area (Å²) in [7, 11) is 0. The quantitative estimate of drug-likeness (QED) is 0.322. The Bertz CT molecular complexity index is 1240. The van der Waals surface area contributed by atoms with Crippen molar-refractivity contribution in [3.63, 3.8) is 0 Å². The second-order valence-electron chi connectivity index (χ2n) is 8.15. The van der Waals surface area contributed by atoms with E-state index in [1.165, 1.54) is 30.6 Å². The highest BCUT2D eigenvalue weighted by molar-refractivity contribution is 7.15. The summed E-state index contributed by atoms with van der Waals surface area (Å²) >= 11 is 1.49. The summed E-state index contributed by atoms with van der Waals surface area (Å²) in [5.41, 5.74) is 1.22. The van der Waals surface area contributed by atoms with Gasteiger partial charge in [0, 0.05) is 34.9 Å². The number of carbonyl (C=O) groups is 1. The van der Waals surface area contributed by atoms with Crippen molar-refractivity contribution in [2.24, 2.45) is 0 Å². The number of anilines is 2. The van der Waals surface area contributed by atoms with Crippen molar-refractivity contribution in [2.45, 2.75) is 51.5 Å². The molecule has 0 saturated heterocycles. The first-order valence-electron chi connectivity index (χ1n) is 11.3. The molecule has 33 heavy (non-hydrogen) atoms. The summed E-state index contributed by atoms with van der Waals surface area (Å²) < 4.78 is 6.17. The molecule has 3 heterocycles. The van der Waals surface area contributed by atoms with Crippen molar-refractivity contribution >= 4 is 39.2 Å². The van der Waals surface area contributed by atoms with Gasteiger partial charge in [0.05, 0.1) is 0 Å². The first-order chi connectivity index (χ1) is 16.2. The average molecular weight is 463 g/mol. The van der Waals surface area contributed by atoms with Crippen LogP contribution in [0, 0.1) is 0 Å². The molecule has 1 aromatic carbocycles. The first-order valence-corrected chi connectivity index (χ1v) is 12.1. The van der Waals surface area contributed by atoms with Gasteiger partial charge in [-0.2, -0.15) is 5.10 Å². The molecule has 0 unspecified atom stereocenters. The number of aryl methyl sites for hydroxylation is 1. The number of fused-ring (bicyclic) bond motifs is 1. The molecule has 4 aromatic rings. The Labute approximate surface area is 195 Å². The number of amides is 1. The van der Waals surface area contributed by atoms with Gasteiger partial charge in [0.15, 0.2) is 16.6 Å². The summed E-state index contributed by atoms with van der Waals surface area (Å²) in [4.78, 5) is 22.3. The van der Waals surface area contributed by atoms with Gasteiger partial charge in [-0.05, 0) is 43.5 Å². The lowest BCUT2D eigenvalue weighted by Crippen LogP contribution is -2.22. The van der Waals surface area contributed by atoms with Crippen LogP contribution in [0.5, 0.6) is 11.5 Å². The third-order valence-electron chi connectivity index (χ3n) is 5.84. The van der Waals surface area contributed by atoms with Crippen molar-refractivity contribution in [3.05, 3.63) is 53.2 Å². The summed E-state index contributed by atoms with van der Waals surface area (Å²) in [5.74, 6) is 1.87. The van der Waals surface area contributed by atoms with E-state index >= 15 is 0 Å². The topological polar surface area (TPSA) is 105 Å². The molecule has 3 aromatic heterocycles. The molecule has 0 spiro atoms. The molecule has 0 radical (unpaired) electrons. The van der Waals surface area contributed by atoms with Crippen LogP contribution in [-0.4, -0.2) is 32.1 Å². The van der Waals surface area contributed by atoms with Crippen molar-refractivity contribution in [1.29, 1.82) is 0 Å². The molecule has 0 atom stereocenters. The minimum Gasteiger partial charge on any atom is -0.456 e. The van der Waals surface area contributed by atoms with Crippen molar-refractivity contribution < 1.29 is 9.53 Å². The van der Waals surface area contributed by atoms with E-state index in [4.69, 9.17) is 4.74 Å². The maximum Gasteiger partial charge on any atom is 0.257 e. The second kappa shape index (κ2) is 9.58. The molecule has 0 bridgehead atoms. The van der Waals surface area contributed by atoms with Crippen LogP contribution in [0.3, 0.4) is 0 Å². The molecule has 9 heteroatoms. The predicted octanol–water partition coefficient (Wildman–Crippen LogP) is 5.77. The fourth-order valence-electron chi connectivity index (χ4n) is 4.05. The van der Waals surface area contributed by atoms with Crippen LogP contribution >= 0.6 is 11.3 Å². The van der Waals surface area contributed by atoms with Crippen LogP contribution in [0.15, 0.2) is 42.7 Å².